The second kappa shape index (κ2) is 9.85. The van der Waals surface area contributed by atoms with Crippen LogP contribution in [0.15, 0.2) is 21.8 Å². The molecule has 0 aromatic carbocycles. The molecular weight excluding hydrogens is 292 g/mol. The number of nitrogens with zero attached hydrogens (tertiary/aromatic N) is 2. The number of nitrogens with one attached hydrogen (secondary N) is 2. The van der Waals surface area contributed by atoms with E-state index in [1.165, 1.54) is 37.8 Å². The summed E-state index contributed by atoms with van der Waals surface area (Å²) >= 11 is 1.73. The minimum absolute atomic E-state index is 0.750. The van der Waals surface area contributed by atoms with Gasteiger partial charge in [0.1, 0.15) is 0 Å². The summed E-state index contributed by atoms with van der Waals surface area (Å²) in [7, 11) is 0. The normalized spacial score (nSPS) is 20.1. The second-order valence-electron chi connectivity index (χ2n) is 5.85. The van der Waals surface area contributed by atoms with Gasteiger partial charge >= 0.3 is 0 Å². The zero-order chi connectivity index (χ0) is 15.6. The van der Waals surface area contributed by atoms with Crippen LogP contribution in [0.25, 0.3) is 0 Å². The number of likely N-dealkylation sites (tertiary alicyclic amines) is 1. The number of piperidine rings is 1. The molecule has 124 valence electrons. The Labute approximate surface area is 139 Å². The Bertz CT molecular complexity index is 430. The molecule has 2 heterocycles. The molecule has 0 spiro atoms. The van der Waals surface area contributed by atoms with Gasteiger partial charge in [0.05, 0.1) is 6.54 Å². The van der Waals surface area contributed by atoms with Gasteiger partial charge in [0.25, 0.3) is 0 Å². The summed E-state index contributed by atoms with van der Waals surface area (Å²) in [4.78, 5) is 7.30. The molecule has 5 heteroatoms. The van der Waals surface area contributed by atoms with Crippen molar-refractivity contribution >= 4 is 17.3 Å². The number of thiophene rings is 1. The minimum Gasteiger partial charge on any atom is -0.357 e. The van der Waals surface area contributed by atoms with Crippen LogP contribution in [0.3, 0.4) is 0 Å². The van der Waals surface area contributed by atoms with Crippen molar-refractivity contribution in [3.63, 3.8) is 0 Å². The molecular formula is C17H30N4S. The predicted molar refractivity (Wildman–Crippen MR) is 96.6 cm³/mol. The van der Waals surface area contributed by atoms with Gasteiger partial charge in [-0.1, -0.05) is 13.3 Å². The van der Waals surface area contributed by atoms with Gasteiger partial charge in [0.2, 0.25) is 0 Å². The predicted octanol–water partition coefficient (Wildman–Crippen LogP) is 3.07. The maximum Gasteiger partial charge on any atom is 0.191 e. The Morgan fingerprint density at radius 3 is 3.00 bits per heavy atom. The molecule has 0 radical (unpaired) electrons. The van der Waals surface area contributed by atoms with Crippen LogP contribution >= 0.6 is 11.3 Å². The maximum atomic E-state index is 4.66. The van der Waals surface area contributed by atoms with Crippen LogP contribution in [0.5, 0.6) is 0 Å². The molecule has 1 fully saturated rings. The molecule has 1 aliphatic rings. The van der Waals surface area contributed by atoms with Crippen molar-refractivity contribution in [1.82, 2.24) is 15.5 Å². The summed E-state index contributed by atoms with van der Waals surface area (Å²) in [5.74, 6) is 0.929. The SMILES string of the molecule is CCNC(=NCc1ccsc1)NCCN1CCCCC1CC. The van der Waals surface area contributed by atoms with Crippen molar-refractivity contribution in [2.45, 2.75) is 52.1 Å². The summed E-state index contributed by atoms with van der Waals surface area (Å²) in [5.41, 5.74) is 1.28. The quantitative estimate of drug-likeness (QED) is 0.599. The van der Waals surface area contributed by atoms with E-state index in [0.29, 0.717) is 0 Å². The highest BCUT2D eigenvalue weighted by molar-refractivity contribution is 7.07. The lowest BCUT2D eigenvalue weighted by atomic mass is 10.0. The molecule has 2 N–H and O–H groups in total. The first kappa shape index (κ1) is 17.3. The van der Waals surface area contributed by atoms with Crippen molar-refractivity contribution < 1.29 is 0 Å². The van der Waals surface area contributed by atoms with E-state index in [1.807, 2.05) is 0 Å². The summed E-state index contributed by atoms with van der Waals surface area (Å²) in [6.45, 7) is 9.40. The van der Waals surface area contributed by atoms with Gasteiger partial charge in [-0.2, -0.15) is 11.3 Å². The zero-order valence-corrected chi connectivity index (χ0v) is 14.8. The third-order valence-corrected chi connectivity index (χ3v) is 4.99. The van der Waals surface area contributed by atoms with E-state index < -0.39 is 0 Å². The Morgan fingerprint density at radius 2 is 2.27 bits per heavy atom. The maximum absolute atomic E-state index is 4.66. The topological polar surface area (TPSA) is 39.7 Å². The highest BCUT2D eigenvalue weighted by Gasteiger charge is 2.19. The van der Waals surface area contributed by atoms with E-state index in [9.17, 15) is 0 Å². The van der Waals surface area contributed by atoms with Gasteiger partial charge < -0.3 is 10.6 Å². The summed E-state index contributed by atoms with van der Waals surface area (Å²) in [5, 5.41) is 11.1. The molecule has 22 heavy (non-hydrogen) atoms. The third kappa shape index (κ3) is 5.61. The number of guanidine groups is 1. The first-order valence-corrected chi connectivity index (χ1v) is 9.55. The second-order valence-corrected chi connectivity index (χ2v) is 6.63. The molecule has 1 aromatic rings. The Kier molecular flexibility index (Phi) is 7.74. The highest BCUT2D eigenvalue weighted by Crippen LogP contribution is 2.18. The van der Waals surface area contributed by atoms with Crippen molar-refractivity contribution in [3.05, 3.63) is 22.4 Å². The van der Waals surface area contributed by atoms with Crippen molar-refractivity contribution in [3.8, 4) is 0 Å². The van der Waals surface area contributed by atoms with Crippen LogP contribution in [-0.2, 0) is 6.54 Å². The molecule has 1 aliphatic heterocycles. The van der Waals surface area contributed by atoms with Gasteiger partial charge in [0.15, 0.2) is 5.96 Å². The van der Waals surface area contributed by atoms with E-state index in [-0.39, 0.29) is 0 Å². The fourth-order valence-electron chi connectivity index (χ4n) is 3.03. The molecule has 0 bridgehead atoms. The first-order valence-electron chi connectivity index (χ1n) is 8.60. The number of hydrogen-bond donors (Lipinski definition) is 2. The van der Waals surface area contributed by atoms with E-state index in [4.69, 9.17) is 0 Å². The van der Waals surface area contributed by atoms with Gasteiger partial charge in [-0.15, -0.1) is 0 Å². The van der Waals surface area contributed by atoms with E-state index in [2.05, 4.69) is 51.2 Å². The van der Waals surface area contributed by atoms with Gasteiger partial charge in [0, 0.05) is 25.7 Å². The van der Waals surface area contributed by atoms with Gasteiger partial charge in [-0.05, 0) is 55.1 Å². The molecule has 1 saturated heterocycles. The molecule has 4 nitrogen and oxygen atoms in total. The van der Waals surface area contributed by atoms with Crippen molar-refractivity contribution in [1.29, 1.82) is 0 Å². The summed E-state index contributed by atoms with van der Waals surface area (Å²) in [6, 6.07) is 2.91. The lowest BCUT2D eigenvalue weighted by molar-refractivity contribution is 0.147. The van der Waals surface area contributed by atoms with Crippen LogP contribution < -0.4 is 10.6 Å². The fraction of sp³-hybridized carbons (Fsp3) is 0.706. The van der Waals surface area contributed by atoms with Crippen molar-refractivity contribution in [2.75, 3.05) is 26.2 Å². The molecule has 2 rings (SSSR count). The summed E-state index contributed by atoms with van der Waals surface area (Å²) in [6.07, 6.45) is 5.38. The molecule has 1 aromatic heterocycles. The Morgan fingerprint density at radius 1 is 1.36 bits per heavy atom. The lowest BCUT2D eigenvalue weighted by Gasteiger charge is -2.35. The fourth-order valence-corrected chi connectivity index (χ4v) is 3.69. The Balaban J connectivity index is 1.77. The van der Waals surface area contributed by atoms with E-state index in [0.717, 1.165) is 38.2 Å². The van der Waals surface area contributed by atoms with Crippen LogP contribution in [0, 0.1) is 0 Å². The smallest absolute Gasteiger partial charge is 0.191 e. The van der Waals surface area contributed by atoms with Gasteiger partial charge in [-0.25, -0.2) is 4.99 Å². The average molecular weight is 323 g/mol. The molecule has 1 atom stereocenters. The van der Waals surface area contributed by atoms with Crippen molar-refractivity contribution in [2.24, 2.45) is 4.99 Å². The molecule has 0 aliphatic carbocycles. The van der Waals surface area contributed by atoms with Crippen LogP contribution in [0.2, 0.25) is 0 Å². The van der Waals surface area contributed by atoms with Gasteiger partial charge in [-0.3, -0.25) is 4.90 Å². The lowest BCUT2D eigenvalue weighted by Crippen LogP contribution is -2.45. The molecule has 1 unspecified atom stereocenters. The van der Waals surface area contributed by atoms with E-state index >= 15 is 0 Å². The largest absolute Gasteiger partial charge is 0.357 e. The highest BCUT2D eigenvalue weighted by atomic mass is 32.1. The first-order chi connectivity index (χ1) is 10.8. The average Bonchev–Trinajstić information content (AvgIpc) is 3.06. The number of aliphatic imine (C=N–C) groups is 1. The number of rotatable bonds is 7. The standard InChI is InChI=1S/C17H30N4S/c1-3-16-7-5-6-10-21(16)11-9-19-17(18-4-2)20-13-15-8-12-22-14-15/h8,12,14,16H,3-7,9-11,13H2,1-2H3,(H2,18,19,20). The van der Waals surface area contributed by atoms with E-state index in [1.54, 1.807) is 11.3 Å². The third-order valence-electron chi connectivity index (χ3n) is 4.26. The Hall–Kier alpha value is -1.07. The minimum atomic E-state index is 0.750. The number of hydrogen-bond acceptors (Lipinski definition) is 3. The van der Waals surface area contributed by atoms with Crippen LogP contribution in [0.4, 0.5) is 0 Å². The molecule has 0 saturated carbocycles. The van der Waals surface area contributed by atoms with Crippen LogP contribution in [-0.4, -0.2) is 43.1 Å². The monoisotopic (exact) mass is 322 g/mol. The molecule has 0 amide bonds. The van der Waals surface area contributed by atoms with Crippen LogP contribution in [0.1, 0.15) is 45.1 Å². The summed E-state index contributed by atoms with van der Waals surface area (Å²) < 4.78 is 0. The zero-order valence-electron chi connectivity index (χ0n) is 14.0.